The summed E-state index contributed by atoms with van der Waals surface area (Å²) in [6, 6.07) is 6.84. The summed E-state index contributed by atoms with van der Waals surface area (Å²) >= 11 is 0. The summed E-state index contributed by atoms with van der Waals surface area (Å²) in [6.45, 7) is 5.24. The van der Waals surface area contributed by atoms with Gasteiger partial charge in [-0.25, -0.2) is 0 Å². The molecule has 1 aliphatic carbocycles. The number of nitrogens with zero attached hydrogens (tertiary/aromatic N) is 4. The maximum absolute atomic E-state index is 13.4. The summed E-state index contributed by atoms with van der Waals surface area (Å²) in [5.41, 5.74) is 0.508. The van der Waals surface area contributed by atoms with E-state index in [0.29, 0.717) is 30.4 Å². The number of piperidine rings is 1. The number of aromatic nitrogens is 3. The molecule has 1 N–H and O–H groups in total. The van der Waals surface area contributed by atoms with Crippen LogP contribution in [0.5, 0.6) is 5.75 Å². The van der Waals surface area contributed by atoms with E-state index < -0.39 is 6.04 Å². The van der Waals surface area contributed by atoms with E-state index in [1.807, 2.05) is 25.1 Å². The molecule has 2 amide bonds. The van der Waals surface area contributed by atoms with Crippen LogP contribution < -0.4 is 10.1 Å². The first-order valence-electron chi connectivity index (χ1n) is 11.1. The van der Waals surface area contributed by atoms with Crippen molar-refractivity contribution in [2.45, 2.75) is 57.5 Å². The maximum Gasteiger partial charge on any atom is 0.251 e. The first-order valence-corrected chi connectivity index (χ1v) is 11.1. The fraction of sp³-hybridized carbons (Fsp3) is 0.565. The van der Waals surface area contributed by atoms with Gasteiger partial charge < -0.3 is 19.5 Å². The van der Waals surface area contributed by atoms with Crippen LogP contribution in [0, 0.1) is 5.92 Å². The van der Waals surface area contributed by atoms with Gasteiger partial charge in [0, 0.05) is 30.6 Å². The lowest BCUT2D eigenvalue weighted by Crippen LogP contribution is -2.53. The largest absolute Gasteiger partial charge is 0.497 e. The number of carbonyl (C=O) groups excluding carboxylic acids is 2. The Hall–Kier alpha value is -2.90. The second-order valence-electron chi connectivity index (χ2n) is 8.87. The van der Waals surface area contributed by atoms with E-state index in [9.17, 15) is 9.59 Å². The van der Waals surface area contributed by atoms with Gasteiger partial charge in [-0.15, -0.1) is 10.2 Å². The van der Waals surface area contributed by atoms with Gasteiger partial charge in [0.15, 0.2) is 0 Å². The normalized spacial score (nSPS) is 19.9. The van der Waals surface area contributed by atoms with Gasteiger partial charge in [-0.2, -0.15) is 0 Å². The van der Waals surface area contributed by atoms with Crippen molar-refractivity contribution in [3.05, 3.63) is 42.0 Å². The molecule has 2 heterocycles. The molecule has 1 aromatic heterocycles. The molecule has 8 nitrogen and oxygen atoms in total. The number of hydrogen-bond donors (Lipinski definition) is 1. The Morgan fingerprint density at radius 1 is 1.16 bits per heavy atom. The van der Waals surface area contributed by atoms with E-state index in [1.165, 1.54) is 12.8 Å². The minimum absolute atomic E-state index is 0.0230. The van der Waals surface area contributed by atoms with E-state index >= 15 is 0 Å². The number of nitrogens with one attached hydrogen (secondary N) is 1. The van der Waals surface area contributed by atoms with Crippen molar-refractivity contribution in [2.24, 2.45) is 5.92 Å². The van der Waals surface area contributed by atoms with E-state index in [1.54, 1.807) is 31.4 Å². The summed E-state index contributed by atoms with van der Waals surface area (Å²) in [6.07, 6.45) is 6.09. The van der Waals surface area contributed by atoms with Gasteiger partial charge in [0.25, 0.3) is 5.91 Å². The average Bonchev–Trinajstić information content (AvgIpc) is 3.52. The SMILES string of the molecule is COc1ccc(C(=O)NC(C(=O)N2CCCC(c3nncn3C3CC3)C2)C(C)C)cc1. The molecule has 1 saturated carbocycles. The lowest BCUT2D eigenvalue weighted by Gasteiger charge is -2.35. The highest BCUT2D eigenvalue weighted by Crippen LogP contribution is 2.38. The van der Waals surface area contributed by atoms with Crippen LogP contribution in [0.1, 0.15) is 67.7 Å². The average molecular weight is 426 g/mol. The van der Waals surface area contributed by atoms with E-state index in [2.05, 4.69) is 20.1 Å². The fourth-order valence-corrected chi connectivity index (χ4v) is 4.24. The molecule has 2 aromatic rings. The first-order chi connectivity index (χ1) is 15.0. The number of rotatable bonds is 7. The molecular formula is C23H31N5O3. The summed E-state index contributed by atoms with van der Waals surface area (Å²) in [4.78, 5) is 28.1. The molecule has 1 aromatic carbocycles. The van der Waals surface area contributed by atoms with Crippen molar-refractivity contribution < 1.29 is 14.3 Å². The Labute approximate surface area is 183 Å². The number of hydrogen-bond acceptors (Lipinski definition) is 5. The molecule has 1 aliphatic heterocycles. The fourth-order valence-electron chi connectivity index (χ4n) is 4.24. The molecule has 0 radical (unpaired) electrons. The smallest absolute Gasteiger partial charge is 0.251 e. The Bertz CT molecular complexity index is 920. The van der Waals surface area contributed by atoms with Crippen LogP contribution in [0.2, 0.25) is 0 Å². The lowest BCUT2D eigenvalue weighted by molar-refractivity contribution is -0.135. The van der Waals surface area contributed by atoms with E-state index in [-0.39, 0.29) is 23.7 Å². The summed E-state index contributed by atoms with van der Waals surface area (Å²) < 4.78 is 7.33. The zero-order valence-corrected chi connectivity index (χ0v) is 18.5. The van der Waals surface area contributed by atoms with Crippen molar-refractivity contribution in [1.82, 2.24) is 25.0 Å². The maximum atomic E-state index is 13.4. The van der Waals surface area contributed by atoms with Gasteiger partial charge in [-0.1, -0.05) is 13.8 Å². The predicted octanol–water partition coefficient (Wildman–Crippen LogP) is 2.78. The van der Waals surface area contributed by atoms with Crippen LogP contribution in [0.25, 0.3) is 0 Å². The van der Waals surface area contributed by atoms with Crippen molar-refractivity contribution in [1.29, 1.82) is 0 Å². The Kier molecular flexibility index (Phi) is 6.25. The second-order valence-corrected chi connectivity index (χ2v) is 8.87. The molecule has 4 rings (SSSR count). The van der Waals surface area contributed by atoms with Gasteiger partial charge in [-0.05, 0) is 55.9 Å². The Morgan fingerprint density at radius 2 is 1.90 bits per heavy atom. The van der Waals surface area contributed by atoms with Crippen molar-refractivity contribution in [3.8, 4) is 5.75 Å². The van der Waals surface area contributed by atoms with Gasteiger partial charge in [0.05, 0.1) is 7.11 Å². The minimum atomic E-state index is -0.574. The topological polar surface area (TPSA) is 89.3 Å². The number of ether oxygens (including phenoxy) is 1. The molecular weight excluding hydrogens is 394 g/mol. The molecule has 31 heavy (non-hydrogen) atoms. The molecule has 2 unspecified atom stereocenters. The van der Waals surface area contributed by atoms with Crippen LogP contribution in [0.3, 0.4) is 0 Å². The molecule has 8 heteroatoms. The van der Waals surface area contributed by atoms with Crippen LogP contribution in [0.4, 0.5) is 0 Å². The molecule has 166 valence electrons. The number of amides is 2. The van der Waals surface area contributed by atoms with Crippen LogP contribution in [0.15, 0.2) is 30.6 Å². The summed E-state index contributed by atoms with van der Waals surface area (Å²) in [5.74, 6) is 1.56. The first kappa shape index (κ1) is 21.3. The lowest BCUT2D eigenvalue weighted by atomic mass is 9.94. The highest BCUT2D eigenvalue weighted by molar-refractivity contribution is 5.97. The molecule has 0 bridgehead atoms. The zero-order chi connectivity index (χ0) is 22.0. The molecule has 0 spiro atoms. The number of benzene rings is 1. The quantitative estimate of drug-likeness (QED) is 0.737. The third kappa shape index (κ3) is 4.73. The van der Waals surface area contributed by atoms with Gasteiger partial charge in [0.1, 0.15) is 23.9 Å². The molecule has 2 aliphatic rings. The van der Waals surface area contributed by atoms with Crippen molar-refractivity contribution >= 4 is 11.8 Å². The Morgan fingerprint density at radius 3 is 2.55 bits per heavy atom. The second kappa shape index (κ2) is 9.08. The van der Waals surface area contributed by atoms with Crippen LogP contribution in [-0.4, -0.2) is 57.7 Å². The van der Waals surface area contributed by atoms with E-state index in [0.717, 1.165) is 18.7 Å². The highest BCUT2D eigenvalue weighted by Gasteiger charge is 2.35. The zero-order valence-electron chi connectivity index (χ0n) is 18.5. The van der Waals surface area contributed by atoms with Gasteiger partial charge in [0.2, 0.25) is 5.91 Å². The highest BCUT2D eigenvalue weighted by atomic mass is 16.5. The Balaban J connectivity index is 1.44. The predicted molar refractivity (Wildman–Crippen MR) is 116 cm³/mol. The minimum Gasteiger partial charge on any atom is -0.497 e. The summed E-state index contributed by atoms with van der Waals surface area (Å²) in [5, 5.41) is 11.4. The van der Waals surface area contributed by atoms with Crippen LogP contribution >= 0.6 is 0 Å². The monoisotopic (exact) mass is 425 g/mol. The molecule has 2 fully saturated rings. The van der Waals surface area contributed by atoms with Crippen molar-refractivity contribution in [3.63, 3.8) is 0 Å². The third-order valence-electron chi connectivity index (χ3n) is 6.21. The van der Waals surface area contributed by atoms with Gasteiger partial charge >= 0.3 is 0 Å². The standard InChI is InChI=1S/C23H31N5O3/c1-15(2)20(25-22(29)16-6-10-19(31-3)11-7-16)23(30)27-12-4-5-17(13-27)21-26-24-14-28(21)18-8-9-18/h6-7,10-11,14-15,17-18,20H,4-5,8-9,12-13H2,1-3H3,(H,25,29). The van der Waals surface area contributed by atoms with E-state index in [4.69, 9.17) is 4.74 Å². The number of likely N-dealkylation sites (tertiary alicyclic amines) is 1. The number of carbonyl (C=O) groups is 2. The molecule has 1 saturated heterocycles. The van der Waals surface area contributed by atoms with Crippen molar-refractivity contribution in [2.75, 3.05) is 20.2 Å². The van der Waals surface area contributed by atoms with Gasteiger partial charge in [-0.3, -0.25) is 9.59 Å². The molecule has 2 atom stereocenters. The summed E-state index contributed by atoms with van der Waals surface area (Å²) in [7, 11) is 1.58. The third-order valence-corrected chi connectivity index (χ3v) is 6.21. The number of methoxy groups -OCH3 is 1. The van der Waals surface area contributed by atoms with Crippen LogP contribution in [-0.2, 0) is 4.79 Å².